The summed E-state index contributed by atoms with van der Waals surface area (Å²) in [6.45, 7) is -0.848. The summed E-state index contributed by atoms with van der Waals surface area (Å²) in [7, 11) is 1.02. The van der Waals surface area contributed by atoms with Gasteiger partial charge in [-0.25, -0.2) is 0 Å². The SMILES string of the molecule is CC(C)C(=O)N(C)c1ccc2c(c1C(=O)C(F)(F)F)OCC(C(F)(F)F)N2CC(F)(F)F. The Bertz CT molecular complexity index is 891. The number of nitrogens with zero attached hydrogens (tertiary/aromatic N) is 2. The predicted octanol–water partition coefficient (Wildman–Crippen LogP) is 4.74. The lowest BCUT2D eigenvalue weighted by molar-refractivity contribution is -0.166. The summed E-state index contributed by atoms with van der Waals surface area (Å²) in [6.07, 6.45) is -15.9. The molecule has 0 spiro atoms. The summed E-state index contributed by atoms with van der Waals surface area (Å²) in [5, 5.41) is 0. The van der Waals surface area contributed by atoms with Crippen LogP contribution < -0.4 is 14.5 Å². The molecule has 1 aliphatic heterocycles. The number of halogens is 9. The van der Waals surface area contributed by atoms with Gasteiger partial charge in [0.1, 0.15) is 13.2 Å². The normalized spacial score (nSPS) is 17.2. The van der Waals surface area contributed by atoms with E-state index in [4.69, 9.17) is 4.74 Å². The number of benzene rings is 1. The van der Waals surface area contributed by atoms with Gasteiger partial charge in [-0.15, -0.1) is 0 Å². The van der Waals surface area contributed by atoms with Gasteiger partial charge in [0, 0.05) is 13.0 Å². The fourth-order valence-electron chi connectivity index (χ4n) is 3.16. The third-order valence-corrected chi connectivity index (χ3v) is 4.58. The molecule has 1 unspecified atom stereocenters. The number of ether oxygens (including phenoxy) is 1. The van der Waals surface area contributed by atoms with E-state index in [-0.39, 0.29) is 4.90 Å². The Labute approximate surface area is 175 Å². The van der Waals surface area contributed by atoms with Crippen molar-refractivity contribution in [3.8, 4) is 5.75 Å². The molecule has 0 bridgehead atoms. The maximum atomic E-state index is 13.3. The molecule has 1 atom stereocenters. The highest BCUT2D eigenvalue weighted by molar-refractivity contribution is 6.11. The summed E-state index contributed by atoms with van der Waals surface area (Å²) in [5.41, 5.74) is -3.01. The Morgan fingerprint density at radius 1 is 1.09 bits per heavy atom. The molecule has 1 heterocycles. The van der Waals surface area contributed by atoms with E-state index in [1.54, 1.807) is 0 Å². The van der Waals surface area contributed by atoms with Gasteiger partial charge in [-0.3, -0.25) is 9.59 Å². The number of rotatable bonds is 4. The lowest BCUT2D eigenvalue weighted by Gasteiger charge is -2.40. The van der Waals surface area contributed by atoms with Crippen molar-refractivity contribution in [2.24, 2.45) is 5.92 Å². The Morgan fingerprint density at radius 2 is 1.66 bits per heavy atom. The quantitative estimate of drug-likeness (QED) is 0.462. The van der Waals surface area contributed by atoms with Gasteiger partial charge in [0.2, 0.25) is 5.91 Å². The molecule has 0 radical (unpaired) electrons. The minimum Gasteiger partial charge on any atom is -0.488 e. The number of Topliss-reactive ketones (excluding diaryl/α,β-unsaturated/α-hetero) is 1. The maximum Gasteiger partial charge on any atom is 0.455 e. The van der Waals surface area contributed by atoms with Crippen molar-refractivity contribution < 1.29 is 53.8 Å². The van der Waals surface area contributed by atoms with Gasteiger partial charge in [0.05, 0.1) is 16.9 Å². The maximum absolute atomic E-state index is 13.3. The third-order valence-electron chi connectivity index (χ3n) is 4.58. The second kappa shape index (κ2) is 8.35. The Balaban J connectivity index is 2.79. The summed E-state index contributed by atoms with van der Waals surface area (Å²) in [5.74, 6) is -5.19. The molecule has 1 aromatic rings. The van der Waals surface area contributed by atoms with Gasteiger partial charge in [0.25, 0.3) is 5.78 Å². The molecule has 32 heavy (non-hydrogen) atoms. The van der Waals surface area contributed by atoms with Crippen molar-refractivity contribution in [1.29, 1.82) is 0 Å². The molecule has 0 aliphatic carbocycles. The average molecular weight is 480 g/mol. The number of ketones is 1. The van der Waals surface area contributed by atoms with E-state index in [9.17, 15) is 49.1 Å². The van der Waals surface area contributed by atoms with Gasteiger partial charge in [-0.05, 0) is 12.1 Å². The van der Waals surface area contributed by atoms with E-state index in [1.165, 1.54) is 13.8 Å². The lowest BCUT2D eigenvalue weighted by Crippen LogP contribution is -2.55. The standard InChI is InChI=1S/C18H17F9N2O3/c1-8(2)15(31)28(3)9-4-5-10-13(12(9)14(30)18(25,26)27)32-6-11(17(22,23)24)29(10)7-16(19,20)21/h4-5,8,11H,6-7H2,1-3H3. The first-order chi connectivity index (χ1) is 14.4. The van der Waals surface area contributed by atoms with Crippen LogP contribution in [0, 0.1) is 5.92 Å². The molecule has 0 fully saturated rings. The van der Waals surface area contributed by atoms with Crippen molar-refractivity contribution in [3.05, 3.63) is 17.7 Å². The molecule has 0 saturated carbocycles. The number of carbonyl (C=O) groups is 2. The largest absolute Gasteiger partial charge is 0.488 e. The Hall–Kier alpha value is -2.67. The number of carbonyl (C=O) groups excluding carboxylic acids is 2. The van der Waals surface area contributed by atoms with Gasteiger partial charge in [-0.1, -0.05) is 13.8 Å². The Kier molecular flexibility index (Phi) is 6.68. The third kappa shape index (κ3) is 5.21. The zero-order valence-corrected chi connectivity index (χ0v) is 16.7. The molecule has 2 rings (SSSR count). The highest BCUT2D eigenvalue weighted by Crippen LogP contribution is 2.47. The van der Waals surface area contributed by atoms with E-state index < -0.39 is 78.0 Å². The van der Waals surface area contributed by atoms with Crippen molar-refractivity contribution >= 4 is 23.1 Å². The topological polar surface area (TPSA) is 49.9 Å². The smallest absolute Gasteiger partial charge is 0.455 e. The van der Waals surface area contributed by atoms with E-state index >= 15 is 0 Å². The molecular formula is C18H17F9N2O3. The number of anilines is 2. The summed E-state index contributed by atoms with van der Waals surface area (Å²) < 4.78 is 124. The second-order valence-electron chi connectivity index (χ2n) is 7.30. The highest BCUT2D eigenvalue weighted by Gasteiger charge is 2.52. The monoisotopic (exact) mass is 480 g/mol. The van der Waals surface area contributed by atoms with Crippen molar-refractivity contribution in [3.63, 3.8) is 0 Å². The van der Waals surface area contributed by atoms with Crippen LogP contribution in [0.3, 0.4) is 0 Å². The molecule has 1 aromatic carbocycles. The molecule has 14 heteroatoms. The predicted molar refractivity (Wildman–Crippen MR) is 93.8 cm³/mol. The first kappa shape index (κ1) is 25.6. The van der Waals surface area contributed by atoms with Gasteiger partial charge < -0.3 is 14.5 Å². The van der Waals surface area contributed by atoms with Crippen LogP contribution in [-0.2, 0) is 4.79 Å². The van der Waals surface area contributed by atoms with Crippen LogP contribution >= 0.6 is 0 Å². The van der Waals surface area contributed by atoms with Crippen LogP contribution in [0.25, 0.3) is 0 Å². The highest BCUT2D eigenvalue weighted by atomic mass is 19.4. The molecule has 0 saturated heterocycles. The van der Waals surface area contributed by atoms with Crippen LogP contribution in [-0.4, -0.2) is 56.5 Å². The number of alkyl halides is 9. The van der Waals surface area contributed by atoms with Crippen molar-refractivity contribution in [1.82, 2.24) is 0 Å². The molecule has 180 valence electrons. The summed E-state index contributed by atoms with van der Waals surface area (Å²) in [6, 6.07) is -1.49. The summed E-state index contributed by atoms with van der Waals surface area (Å²) in [4.78, 5) is 24.8. The van der Waals surface area contributed by atoms with E-state index in [1.807, 2.05) is 0 Å². The van der Waals surface area contributed by atoms with E-state index in [0.717, 1.165) is 7.05 Å². The molecule has 1 aliphatic rings. The fourth-order valence-corrected chi connectivity index (χ4v) is 3.16. The van der Waals surface area contributed by atoms with Crippen molar-refractivity contribution in [2.45, 2.75) is 38.4 Å². The molecule has 5 nitrogen and oxygen atoms in total. The van der Waals surface area contributed by atoms with E-state index in [2.05, 4.69) is 0 Å². The van der Waals surface area contributed by atoms with Gasteiger partial charge >= 0.3 is 18.5 Å². The van der Waals surface area contributed by atoms with Crippen LogP contribution in [0.1, 0.15) is 24.2 Å². The zero-order chi connectivity index (χ0) is 24.8. The minimum atomic E-state index is -5.55. The first-order valence-electron chi connectivity index (χ1n) is 8.95. The van der Waals surface area contributed by atoms with Crippen LogP contribution in [0.4, 0.5) is 50.9 Å². The second-order valence-corrected chi connectivity index (χ2v) is 7.30. The van der Waals surface area contributed by atoms with Gasteiger partial charge in [-0.2, -0.15) is 39.5 Å². The van der Waals surface area contributed by atoms with E-state index in [0.29, 0.717) is 17.0 Å². The first-order valence-corrected chi connectivity index (χ1v) is 8.95. The summed E-state index contributed by atoms with van der Waals surface area (Å²) >= 11 is 0. The van der Waals surface area contributed by atoms with Crippen molar-refractivity contribution in [2.75, 3.05) is 30.0 Å². The van der Waals surface area contributed by atoms with Gasteiger partial charge in [0.15, 0.2) is 11.8 Å². The zero-order valence-electron chi connectivity index (χ0n) is 16.7. The van der Waals surface area contributed by atoms with Crippen LogP contribution in [0.2, 0.25) is 0 Å². The number of fused-ring (bicyclic) bond motifs is 1. The average Bonchev–Trinajstić information content (AvgIpc) is 2.62. The number of hydrogen-bond acceptors (Lipinski definition) is 4. The van der Waals surface area contributed by atoms with Crippen LogP contribution in [0.15, 0.2) is 12.1 Å². The Morgan fingerprint density at radius 3 is 2.09 bits per heavy atom. The molecule has 1 amide bonds. The molecule has 0 N–H and O–H groups in total. The fraction of sp³-hybridized carbons (Fsp3) is 0.556. The lowest BCUT2D eigenvalue weighted by atomic mass is 10.0. The van der Waals surface area contributed by atoms with Crippen LogP contribution in [0.5, 0.6) is 5.75 Å². The molecular weight excluding hydrogens is 463 g/mol. The number of amides is 1. The molecule has 0 aromatic heterocycles. The minimum absolute atomic E-state index is 0.208. The number of hydrogen-bond donors (Lipinski definition) is 0.